The zero-order valence-corrected chi connectivity index (χ0v) is 10.3. The molecule has 1 heterocycles. The number of aromatic nitrogens is 1. The van der Waals surface area contributed by atoms with Gasteiger partial charge in [0.15, 0.2) is 0 Å². The van der Waals surface area contributed by atoms with E-state index in [1.165, 1.54) is 32.4 Å². The molecule has 1 aromatic heterocycles. The van der Waals surface area contributed by atoms with E-state index in [0.717, 1.165) is 4.31 Å². The van der Waals surface area contributed by atoms with Gasteiger partial charge >= 0.3 is 0 Å². The predicted molar refractivity (Wildman–Crippen MR) is 60.5 cm³/mol. The molecule has 1 N–H and O–H groups in total. The molecule has 0 saturated carbocycles. The highest BCUT2D eigenvalue weighted by atomic mass is 32.2. The molecule has 0 amide bonds. The largest absolute Gasteiger partial charge is 0.395 e. The summed E-state index contributed by atoms with van der Waals surface area (Å²) in [4.78, 5) is 3.94. The molecule has 1 aromatic rings. The van der Waals surface area contributed by atoms with Crippen molar-refractivity contribution in [3.8, 4) is 6.07 Å². The fourth-order valence-electron chi connectivity index (χ4n) is 1.16. The number of hydrogen-bond donors (Lipinski definition) is 1. The van der Waals surface area contributed by atoms with Crippen LogP contribution in [0.2, 0.25) is 0 Å². The van der Waals surface area contributed by atoms with Gasteiger partial charge in [-0.1, -0.05) is 0 Å². The molecule has 6 nitrogen and oxygen atoms in total. The zero-order valence-electron chi connectivity index (χ0n) is 9.53. The summed E-state index contributed by atoms with van der Waals surface area (Å²) < 4.78 is 24.5. The van der Waals surface area contributed by atoms with Crippen LogP contribution in [0, 0.1) is 11.3 Å². The minimum Gasteiger partial charge on any atom is -0.395 e. The van der Waals surface area contributed by atoms with Crippen molar-refractivity contribution in [2.45, 2.75) is 10.8 Å². The number of rotatable bonds is 4. The van der Waals surface area contributed by atoms with Crippen LogP contribution in [-0.2, 0) is 10.0 Å². The van der Waals surface area contributed by atoms with E-state index in [-0.39, 0.29) is 11.5 Å². The Bertz CT molecular complexity index is 517. The van der Waals surface area contributed by atoms with Gasteiger partial charge in [-0.05, 0) is 12.1 Å². The molecule has 7 heteroatoms. The molecule has 1 unspecified atom stereocenters. The Hall–Kier alpha value is -1.49. The van der Waals surface area contributed by atoms with E-state index in [4.69, 9.17) is 10.4 Å². The summed E-state index contributed by atoms with van der Waals surface area (Å²) in [5.41, 5.74) is 0.354. The monoisotopic (exact) mass is 255 g/mol. The Labute approximate surface area is 100 Å². The SMILES string of the molecule is CN(C)S(=O)(=O)c1ccc(C(C#N)CO)nc1. The molecule has 0 aliphatic carbocycles. The topological polar surface area (TPSA) is 94.3 Å². The molecular weight excluding hydrogens is 242 g/mol. The van der Waals surface area contributed by atoms with E-state index >= 15 is 0 Å². The lowest BCUT2D eigenvalue weighted by Crippen LogP contribution is -2.22. The van der Waals surface area contributed by atoms with E-state index in [1.54, 1.807) is 0 Å². The van der Waals surface area contributed by atoms with Crippen molar-refractivity contribution in [3.05, 3.63) is 24.0 Å². The first kappa shape index (κ1) is 13.6. The highest BCUT2D eigenvalue weighted by Crippen LogP contribution is 2.16. The molecule has 0 bridgehead atoms. The maximum Gasteiger partial charge on any atom is 0.244 e. The molecular formula is C10H13N3O3S. The summed E-state index contributed by atoms with van der Waals surface area (Å²) in [7, 11) is -0.656. The van der Waals surface area contributed by atoms with Gasteiger partial charge in [0.1, 0.15) is 10.8 Å². The number of nitrogens with zero attached hydrogens (tertiary/aromatic N) is 3. The molecule has 0 fully saturated rings. The van der Waals surface area contributed by atoms with Gasteiger partial charge in [0, 0.05) is 20.3 Å². The lowest BCUT2D eigenvalue weighted by Gasteiger charge is -2.11. The Kier molecular flexibility index (Phi) is 4.17. The van der Waals surface area contributed by atoms with E-state index in [1.807, 2.05) is 6.07 Å². The summed E-state index contributed by atoms with van der Waals surface area (Å²) >= 11 is 0. The lowest BCUT2D eigenvalue weighted by molar-refractivity contribution is 0.284. The van der Waals surface area contributed by atoms with Crippen LogP contribution in [0.3, 0.4) is 0 Å². The van der Waals surface area contributed by atoms with Crippen molar-refractivity contribution in [2.75, 3.05) is 20.7 Å². The second kappa shape index (κ2) is 5.23. The maximum absolute atomic E-state index is 11.7. The molecule has 1 atom stereocenters. The third kappa shape index (κ3) is 2.79. The van der Waals surface area contributed by atoms with Gasteiger partial charge < -0.3 is 5.11 Å². The Morgan fingerprint density at radius 1 is 1.53 bits per heavy atom. The summed E-state index contributed by atoms with van der Waals surface area (Å²) in [6.07, 6.45) is 1.19. The Morgan fingerprint density at radius 2 is 2.18 bits per heavy atom. The van der Waals surface area contributed by atoms with Crippen molar-refractivity contribution < 1.29 is 13.5 Å². The third-order valence-corrected chi connectivity index (χ3v) is 4.03. The fourth-order valence-corrected chi connectivity index (χ4v) is 2.01. The van der Waals surface area contributed by atoms with Gasteiger partial charge in [-0.2, -0.15) is 5.26 Å². The number of sulfonamides is 1. The fraction of sp³-hybridized carbons (Fsp3) is 0.400. The van der Waals surface area contributed by atoms with E-state index < -0.39 is 15.9 Å². The molecule has 92 valence electrons. The van der Waals surface area contributed by atoms with Gasteiger partial charge in [0.2, 0.25) is 10.0 Å². The number of aliphatic hydroxyl groups is 1. The molecule has 0 aliphatic heterocycles. The van der Waals surface area contributed by atoms with Crippen LogP contribution in [0.1, 0.15) is 11.6 Å². The molecule has 1 rings (SSSR count). The van der Waals surface area contributed by atoms with E-state index in [9.17, 15) is 8.42 Å². The summed E-state index contributed by atoms with van der Waals surface area (Å²) in [5.74, 6) is -0.730. The van der Waals surface area contributed by atoms with Crippen molar-refractivity contribution in [1.82, 2.24) is 9.29 Å². The van der Waals surface area contributed by atoms with Gasteiger partial charge in [-0.3, -0.25) is 4.98 Å². The molecule has 0 radical (unpaired) electrons. The first-order chi connectivity index (χ1) is 7.93. The minimum absolute atomic E-state index is 0.0564. The number of pyridine rings is 1. The van der Waals surface area contributed by atoms with Gasteiger partial charge in [-0.15, -0.1) is 0 Å². The van der Waals surface area contributed by atoms with Gasteiger partial charge in [0.05, 0.1) is 18.4 Å². The summed E-state index contributed by atoms with van der Waals surface area (Å²) in [5, 5.41) is 17.6. The molecule has 0 aromatic carbocycles. The summed E-state index contributed by atoms with van der Waals surface area (Å²) in [6.45, 7) is -0.344. The second-order valence-electron chi connectivity index (χ2n) is 3.57. The van der Waals surface area contributed by atoms with Crippen molar-refractivity contribution >= 4 is 10.0 Å². The maximum atomic E-state index is 11.7. The first-order valence-electron chi connectivity index (χ1n) is 4.82. The van der Waals surface area contributed by atoms with Crippen LogP contribution in [0.5, 0.6) is 0 Å². The normalized spacial score (nSPS) is 13.4. The van der Waals surface area contributed by atoms with Crippen LogP contribution in [0.25, 0.3) is 0 Å². The Balaban J connectivity index is 3.09. The van der Waals surface area contributed by atoms with Gasteiger partial charge in [-0.25, -0.2) is 12.7 Å². The molecule has 0 spiro atoms. The lowest BCUT2D eigenvalue weighted by atomic mass is 10.1. The average molecular weight is 255 g/mol. The average Bonchev–Trinajstić information content (AvgIpc) is 2.31. The second-order valence-corrected chi connectivity index (χ2v) is 5.72. The highest BCUT2D eigenvalue weighted by molar-refractivity contribution is 7.89. The minimum atomic E-state index is -3.51. The Morgan fingerprint density at radius 3 is 2.53 bits per heavy atom. The highest BCUT2D eigenvalue weighted by Gasteiger charge is 2.18. The quantitative estimate of drug-likeness (QED) is 0.812. The van der Waals surface area contributed by atoms with Crippen molar-refractivity contribution in [3.63, 3.8) is 0 Å². The van der Waals surface area contributed by atoms with Crippen LogP contribution in [-0.4, -0.2) is 43.5 Å². The van der Waals surface area contributed by atoms with Crippen molar-refractivity contribution in [1.29, 1.82) is 5.26 Å². The van der Waals surface area contributed by atoms with Crippen molar-refractivity contribution in [2.24, 2.45) is 0 Å². The van der Waals surface area contributed by atoms with Crippen LogP contribution in [0.15, 0.2) is 23.2 Å². The molecule has 0 saturated heterocycles. The number of hydrogen-bond acceptors (Lipinski definition) is 5. The van der Waals surface area contributed by atoms with Crippen LogP contribution >= 0.6 is 0 Å². The predicted octanol–water partition coefficient (Wildman–Crippen LogP) is -0.0686. The molecule has 0 aliphatic rings. The van der Waals surface area contributed by atoms with Crippen LogP contribution in [0.4, 0.5) is 0 Å². The standard InChI is InChI=1S/C10H13N3O3S/c1-13(2)17(15,16)9-3-4-10(12-6-9)8(5-11)7-14/h3-4,6,8,14H,7H2,1-2H3. The zero-order chi connectivity index (χ0) is 13.1. The number of aliphatic hydroxyl groups excluding tert-OH is 1. The van der Waals surface area contributed by atoms with Crippen LogP contribution < -0.4 is 0 Å². The van der Waals surface area contributed by atoms with Gasteiger partial charge in [0.25, 0.3) is 0 Å². The third-order valence-electron chi connectivity index (χ3n) is 2.23. The smallest absolute Gasteiger partial charge is 0.244 e. The first-order valence-corrected chi connectivity index (χ1v) is 6.26. The number of nitriles is 1. The van der Waals surface area contributed by atoms with E-state index in [2.05, 4.69) is 4.98 Å². The van der Waals surface area contributed by atoms with E-state index in [0.29, 0.717) is 5.69 Å². The molecule has 17 heavy (non-hydrogen) atoms. The summed E-state index contributed by atoms with van der Waals surface area (Å²) in [6, 6.07) is 4.68.